The first-order chi connectivity index (χ1) is 10.0. The van der Waals surface area contributed by atoms with Crippen molar-refractivity contribution in [3.8, 4) is 0 Å². The second-order valence-corrected chi connectivity index (χ2v) is 6.73. The summed E-state index contributed by atoms with van der Waals surface area (Å²) in [4.78, 5) is 4.73. The molecule has 0 aromatic heterocycles. The third kappa shape index (κ3) is 4.35. The second kappa shape index (κ2) is 7.48. The Morgan fingerprint density at radius 1 is 1.48 bits per heavy atom. The average Bonchev–Trinajstić information content (AvgIpc) is 2.46. The molecule has 1 fully saturated rings. The summed E-state index contributed by atoms with van der Waals surface area (Å²) in [5, 5.41) is 0.839. The number of nitrogens with two attached hydrogens (primary N) is 1. The van der Waals surface area contributed by atoms with Crippen LogP contribution in [-0.4, -0.2) is 44.2 Å². The Hall–Kier alpha value is -0.770. The Bertz CT molecular complexity index is 463. The van der Waals surface area contributed by atoms with E-state index in [9.17, 15) is 0 Å². The molecular formula is C17H28ClN3. The van der Waals surface area contributed by atoms with Gasteiger partial charge in [-0.3, -0.25) is 0 Å². The first-order valence-electron chi connectivity index (χ1n) is 7.96. The number of anilines is 1. The van der Waals surface area contributed by atoms with Gasteiger partial charge in [-0.2, -0.15) is 0 Å². The number of hydrogen-bond acceptors (Lipinski definition) is 3. The van der Waals surface area contributed by atoms with Gasteiger partial charge in [0, 0.05) is 25.7 Å². The van der Waals surface area contributed by atoms with Crippen LogP contribution in [0.25, 0.3) is 0 Å². The van der Waals surface area contributed by atoms with E-state index in [1.54, 1.807) is 0 Å². The average molecular weight is 310 g/mol. The number of hydrogen-bond donors (Lipinski definition) is 1. The van der Waals surface area contributed by atoms with Gasteiger partial charge < -0.3 is 15.5 Å². The van der Waals surface area contributed by atoms with E-state index in [4.69, 9.17) is 17.3 Å². The van der Waals surface area contributed by atoms with E-state index < -0.39 is 0 Å². The lowest BCUT2D eigenvalue weighted by atomic mass is 10.0. The van der Waals surface area contributed by atoms with E-state index in [1.807, 2.05) is 0 Å². The summed E-state index contributed by atoms with van der Waals surface area (Å²) in [5.74, 6) is 0. The van der Waals surface area contributed by atoms with E-state index >= 15 is 0 Å². The van der Waals surface area contributed by atoms with Crippen molar-refractivity contribution >= 4 is 17.3 Å². The molecule has 118 valence electrons. The Morgan fingerprint density at radius 3 is 2.86 bits per heavy atom. The fourth-order valence-electron chi connectivity index (χ4n) is 3.06. The molecule has 1 aromatic carbocycles. The molecule has 3 nitrogen and oxygen atoms in total. The van der Waals surface area contributed by atoms with Gasteiger partial charge in [0.2, 0.25) is 0 Å². The van der Waals surface area contributed by atoms with Gasteiger partial charge >= 0.3 is 0 Å². The largest absolute Gasteiger partial charge is 0.369 e. The van der Waals surface area contributed by atoms with Crippen molar-refractivity contribution in [3.63, 3.8) is 0 Å². The summed E-state index contributed by atoms with van der Waals surface area (Å²) >= 11 is 6.51. The van der Waals surface area contributed by atoms with Gasteiger partial charge in [0.1, 0.15) is 0 Å². The number of likely N-dealkylation sites (N-methyl/N-ethyl adjacent to an activating group) is 2. The van der Waals surface area contributed by atoms with Gasteiger partial charge in [0.25, 0.3) is 0 Å². The van der Waals surface area contributed by atoms with Gasteiger partial charge in [-0.25, -0.2) is 0 Å². The number of piperidine rings is 1. The van der Waals surface area contributed by atoms with Crippen molar-refractivity contribution in [1.82, 2.24) is 4.90 Å². The van der Waals surface area contributed by atoms with E-state index in [1.165, 1.54) is 24.9 Å². The molecule has 1 aromatic rings. The quantitative estimate of drug-likeness (QED) is 0.907. The van der Waals surface area contributed by atoms with Crippen LogP contribution < -0.4 is 10.6 Å². The molecule has 0 bridgehead atoms. The number of likely N-dealkylation sites (tertiary alicyclic amines) is 1. The molecule has 2 unspecified atom stereocenters. The molecule has 0 saturated carbocycles. The fraction of sp³-hybridized carbons (Fsp3) is 0.647. The summed E-state index contributed by atoms with van der Waals surface area (Å²) < 4.78 is 0. The summed E-state index contributed by atoms with van der Waals surface area (Å²) in [6.45, 7) is 4.43. The molecule has 0 aliphatic carbocycles. The Labute approximate surface area is 134 Å². The van der Waals surface area contributed by atoms with Crippen molar-refractivity contribution in [1.29, 1.82) is 0 Å². The predicted octanol–water partition coefficient (Wildman–Crippen LogP) is 3.15. The van der Waals surface area contributed by atoms with Crippen molar-refractivity contribution in [2.75, 3.05) is 32.1 Å². The third-order valence-corrected chi connectivity index (χ3v) is 4.86. The number of rotatable bonds is 5. The summed E-state index contributed by atoms with van der Waals surface area (Å²) in [5.41, 5.74) is 8.39. The smallest absolute Gasteiger partial charge is 0.0642 e. The van der Waals surface area contributed by atoms with Crippen LogP contribution in [0.3, 0.4) is 0 Å². The molecule has 1 heterocycles. The highest BCUT2D eigenvalue weighted by Crippen LogP contribution is 2.29. The van der Waals surface area contributed by atoms with Crippen LogP contribution in [0.5, 0.6) is 0 Å². The van der Waals surface area contributed by atoms with E-state index in [-0.39, 0.29) is 6.04 Å². The van der Waals surface area contributed by atoms with Crippen molar-refractivity contribution in [3.05, 3.63) is 28.8 Å². The van der Waals surface area contributed by atoms with Gasteiger partial charge in [-0.1, -0.05) is 24.6 Å². The van der Waals surface area contributed by atoms with Crippen LogP contribution >= 0.6 is 11.6 Å². The summed E-state index contributed by atoms with van der Waals surface area (Å²) in [6, 6.07) is 7.16. The van der Waals surface area contributed by atoms with Crippen LogP contribution in [0.1, 0.15) is 31.7 Å². The zero-order valence-electron chi connectivity index (χ0n) is 13.5. The van der Waals surface area contributed by atoms with Crippen molar-refractivity contribution < 1.29 is 0 Å². The molecule has 1 aliphatic heterocycles. The van der Waals surface area contributed by atoms with Crippen LogP contribution in [0, 0.1) is 0 Å². The minimum Gasteiger partial charge on any atom is -0.369 e. The lowest BCUT2D eigenvalue weighted by molar-refractivity contribution is 0.248. The molecule has 4 heteroatoms. The zero-order valence-corrected chi connectivity index (χ0v) is 14.2. The molecule has 1 saturated heterocycles. The maximum atomic E-state index is 6.51. The number of nitrogens with zero attached hydrogens (tertiary/aromatic N) is 2. The third-order valence-electron chi connectivity index (χ3n) is 4.56. The second-order valence-electron chi connectivity index (χ2n) is 6.33. The predicted molar refractivity (Wildman–Crippen MR) is 92.3 cm³/mol. The Morgan fingerprint density at radius 2 is 2.24 bits per heavy atom. The maximum absolute atomic E-state index is 6.51. The molecular weight excluding hydrogens is 282 g/mol. The topological polar surface area (TPSA) is 32.5 Å². The first-order valence-corrected chi connectivity index (χ1v) is 8.34. The lowest BCUT2D eigenvalue weighted by Crippen LogP contribution is -2.45. The van der Waals surface area contributed by atoms with Crippen LogP contribution in [0.2, 0.25) is 5.02 Å². The first kappa shape index (κ1) is 16.6. The molecule has 0 radical (unpaired) electrons. The number of benzene rings is 1. The van der Waals surface area contributed by atoms with Gasteiger partial charge in [-0.15, -0.1) is 0 Å². The summed E-state index contributed by atoms with van der Waals surface area (Å²) in [7, 11) is 4.35. The van der Waals surface area contributed by atoms with E-state index in [0.29, 0.717) is 6.04 Å². The molecule has 2 rings (SSSR count). The molecule has 1 aliphatic rings. The highest BCUT2D eigenvalue weighted by Gasteiger charge is 2.22. The van der Waals surface area contributed by atoms with Crippen LogP contribution in [0.15, 0.2) is 18.2 Å². The Balaban J connectivity index is 2.09. The Kier molecular flexibility index (Phi) is 5.91. The highest BCUT2D eigenvalue weighted by atomic mass is 35.5. The number of halogens is 1. The minimum absolute atomic E-state index is 0.219. The van der Waals surface area contributed by atoms with Crippen LogP contribution in [0.4, 0.5) is 5.69 Å². The molecule has 21 heavy (non-hydrogen) atoms. The maximum Gasteiger partial charge on any atom is 0.0642 e. The molecule has 2 atom stereocenters. The molecule has 0 spiro atoms. The zero-order chi connectivity index (χ0) is 15.4. The molecule has 2 N–H and O–H groups in total. The lowest BCUT2D eigenvalue weighted by Gasteiger charge is -2.37. The van der Waals surface area contributed by atoms with E-state index in [0.717, 1.165) is 30.1 Å². The van der Waals surface area contributed by atoms with Gasteiger partial charge in [0.15, 0.2) is 0 Å². The normalized spacial score (nSPS) is 21.3. The van der Waals surface area contributed by atoms with Crippen molar-refractivity contribution in [2.45, 2.75) is 44.7 Å². The monoisotopic (exact) mass is 309 g/mol. The van der Waals surface area contributed by atoms with E-state index in [2.05, 4.69) is 49.0 Å². The fourth-order valence-corrected chi connectivity index (χ4v) is 3.40. The van der Waals surface area contributed by atoms with Crippen LogP contribution in [-0.2, 0) is 6.42 Å². The van der Waals surface area contributed by atoms with Crippen molar-refractivity contribution in [2.24, 2.45) is 5.73 Å². The summed E-state index contributed by atoms with van der Waals surface area (Å²) in [6.07, 6.45) is 4.38. The van der Waals surface area contributed by atoms with Gasteiger partial charge in [0.05, 0.1) is 10.7 Å². The molecule has 0 amide bonds. The SMILES string of the molecule is CCC(N)Cc1ccc(N(C)C2CCCN(C)C2)c(Cl)c1. The highest BCUT2D eigenvalue weighted by molar-refractivity contribution is 6.33. The minimum atomic E-state index is 0.219. The standard InChI is InChI=1S/C17H28ClN3/c1-4-14(19)10-13-7-8-17(16(18)11-13)21(3)15-6-5-9-20(2)12-15/h7-8,11,14-15H,4-6,9-10,12,19H2,1-3H3. The van der Waals surface area contributed by atoms with Gasteiger partial charge in [-0.05, 0) is 57.0 Å².